The van der Waals surface area contributed by atoms with Gasteiger partial charge in [0.15, 0.2) is 6.10 Å². The third kappa shape index (κ3) is 6.23. The molecule has 1 aromatic rings. The minimum absolute atomic E-state index is 0.0291. The Morgan fingerprint density at radius 1 is 1.17 bits per heavy atom. The molecule has 0 heterocycles. The molecular formula is C17H24N2O4S. The number of hydrogen-bond donors (Lipinski definition) is 1. The molecule has 1 rings (SSSR count). The van der Waals surface area contributed by atoms with Crippen LogP contribution < -0.4 is 5.32 Å². The van der Waals surface area contributed by atoms with Gasteiger partial charge < -0.3 is 15.0 Å². The Kier molecular flexibility index (Phi) is 7.78. The van der Waals surface area contributed by atoms with Crippen molar-refractivity contribution in [1.82, 2.24) is 10.2 Å². The molecule has 0 saturated carbocycles. The fraction of sp³-hybridized carbons (Fsp3) is 0.471. The zero-order valence-electron chi connectivity index (χ0n) is 14.7. The summed E-state index contributed by atoms with van der Waals surface area (Å²) < 4.78 is 5.23. The number of carbonyl (C=O) groups excluding carboxylic acids is 3. The van der Waals surface area contributed by atoms with E-state index in [0.29, 0.717) is 10.5 Å². The van der Waals surface area contributed by atoms with Gasteiger partial charge >= 0.3 is 5.97 Å². The number of nitrogens with zero attached hydrogens (tertiary/aromatic N) is 1. The average Bonchev–Trinajstić information content (AvgIpc) is 2.51. The second kappa shape index (κ2) is 9.32. The topological polar surface area (TPSA) is 75.7 Å². The predicted octanol–water partition coefficient (Wildman–Crippen LogP) is 1.94. The molecule has 0 aromatic heterocycles. The van der Waals surface area contributed by atoms with Crippen LogP contribution in [0.2, 0.25) is 0 Å². The van der Waals surface area contributed by atoms with Crippen molar-refractivity contribution in [2.45, 2.75) is 37.8 Å². The lowest BCUT2D eigenvalue weighted by Gasteiger charge is -2.16. The van der Waals surface area contributed by atoms with Gasteiger partial charge in [0.25, 0.3) is 5.91 Å². The monoisotopic (exact) mass is 352 g/mol. The van der Waals surface area contributed by atoms with Crippen LogP contribution in [0.5, 0.6) is 0 Å². The van der Waals surface area contributed by atoms with Gasteiger partial charge in [-0.1, -0.05) is 12.1 Å². The van der Waals surface area contributed by atoms with Crippen LogP contribution >= 0.6 is 11.8 Å². The molecule has 0 aliphatic carbocycles. The van der Waals surface area contributed by atoms with Crippen molar-refractivity contribution in [2.24, 2.45) is 0 Å². The summed E-state index contributed by atoms with van der Waals surface area (Å²) in [6.45, 7) is 5.20. The second-order valence-electron chi connectivity index (χ2n) is 5.78. The Labute approximate surface area is 146 Å². The van der Waals surface area contributed by atoms with Crippen LogP contribution in [0.15, 0.2) is 29.2 Å². The Hall–Kier alpha value is -2.02. The zero-order chi connectivity index (χ0) is 18.3. The van der Waals surface area contributed by atoms with Crippen molar-refractivity contribution in [3.63, 3.8) is 0 Å². The SMILES string of the molecule is CC(C)NC(=O)[C@H](C)OC(=O)c1ccccc1SCC(=O)N(C)C. The highest BCUT2D eigenvalue weighted by Crippen LogP contribution is 2.24. The van der Waals surface area contributed by atoms with Crippen LogP contribution in [-0.2, 0) is 14.3 Å². The van der Waals surface area contributed by atoms with Crippen LogP contribution in [0.1, 0.15) is 31.1 Å². The molecule has 1 atom stereocenters. The van der Waals surface area contributed by atoms with E-state index in [1.807, 2.05) is 13.8 Å². The second-order valence-corrected chi connectivity index (χ2v) is 6.80. The van der Waals surface area contributed by atoms with Gasteiger partial charge in [0.2, 0.25) is 5.91 Å². The van der Waals surface area contributed by atoms with Crippen molar-refractivity contribution in [3.05, 3.63) is 29.8 Å². The molecule has 0 saturated heterocycles. The van der Waals surface area contributed by atoms with E-state index < -0.39 is 12.1 Å². The number of hydrogen-bond acceptors (Lipinski definition) is 5. The molecule has 1 N–H and O–H groups in total. The minimum Gasteiger partial charge on any atom is -0.449 e. The van der Waals surface area contributed by atoms with Crippen LogP contribution in [0, 0.1) is 0 Å². The molecule has 6 nitrogen and oxygen atoms in total. The summed E-state index contributed by atoms with van der Waals surface area (Å²) in [5, 5.41) is 2.69. The summed E-state index contributed by atoms with van der Waals surface area (Å²) in [6.07, 6.45) is -0.888. The number of ether oxygens (including phenoxy) is 1. The third-order valence-electron chi connectivity index (χ3n) is 3.04. The van der Waals surface area contributed by atoms with Crippen molar-refractivity contribution < 1.29 is 19.1 Å². The average molecular weight is 352 g/mol. The fourth-order valence-electron chi connectivity index (χ4n) is 1.71. The quantitative estimate of drug-likeness (QED) is 0.599. The van der Waals surface area contributed by atoms with Gasteiger partial charge in [-0.2, -0.15) is 0 Å². The number of nitrogens with one attached hydrogen (secondary N) is 1. The van der Waals surface area contributed by atoms with Gasteiger partial charge in [0.1, 0.15) is 0 Å². The molecule has 1 aromatic carbocycles. The number of thioether (sulfide) groups is 1. The van der Waals surface area contributed by atoms with Crippen molar-refractivity contribution >= 4 is 29.5 Å². The molecule has 0 spiro atoms. The van der Waals surface area contributed by atoms with Gasteiger partial charge in [-0.05, 0) is 32.9 Å². The summed E-state index contributed by atoms with van der Waals surface area (Å²) in [6, 6.07) is 6.85. The van der Waals surface area contributed by atoms with E-state index in [0.717, 1.165) is 0 Å². The predicted molar refractivity (Wildman–Crippen MR) is 94.0 cm³/mol. The molecular weight excluding hydrogens is 328 g/mol. The van der Waals surface area contributed by atoms with Crippen LogP contribution in [0.3, 0.4) is 0 Å². The van der Waals surface area contributed by atoms with Gasteiger partial charge in [0, 0.05) is 25.0 Å². The Morgan fingerprint density at radius 2 is 1.79 bits per heavy atom. The number of carbonyl (C=O) groups is 3. The summed E-state index contributed by atoms with van der Waals surface area (Å²) >= 11 is 1.27. The maximum atomic E-state index is 12.3. The van der Waals surface area contributed by atoms with Gasteiger partial charge in [-0.3, -0.25) is 9.59 Å². The first-order valence-corrected chi connectivity index (χ1v) is 8.64. The Morgan fingerprint density at radius 3 is 2.38 bits per heavy atom. The van der Waals surface area contributed by atoms with E-state index in [-0.39, 0.29) is 23.6 Å². The van der Waals surface area contributed by atoms with Crippen LogP contribution in [0.4, 0.5) is 0 Å². The fourth-order valence-corrected chi connectivity index (χ4v) is 2.73. The van der Waals surface area contributed by atoms with E-state index in [4.69, 9.17) is 4.74 Å². The molecule has 0 fully saturated rings. The molecule has 7 heteroatoms. The normalized spacial score (nSPS) is 11.8. The lowest BCUT2D eigenvalue weighted by molar-refractivity contribution is -0.129. The molecule has 24 heavy (non-hydrogen) atoms. The highest BCUT2D eigenvalue weighted by molar-refractivity contribution is 8.00. The summed E-state index contributed by atoms with van der Waals surface area (Å²) in [7, 11) is 3.36. The Bertz CT molecular complexity index is 602. The maximum absolute atomic E-state index is 12.3. The smallest absolute Gasteiger partial charge is 0.340 e. The van der Waals surface area contributed by atoms with Gasteiger partial charge in [-0.25, -0.2) is 4.79 Å². The first-order chi connectivity index (χ1) is 11.2. The molecule has 0 aliphatic rings. The first kappa shape index (κ1) is 20.0. The summed E-state index contributed by atoms with van der Waals surface area (Å²) in [5.74, 6) is -0.748. The van der Waals surface area contributed by atoms with E-state index in [1.165, 1.54) is 23.6 Å². The van der Waals surface area contributed by atoms with Gasteiger partial charge in [0.05, 0.1) is 11.3 Å². The highest BCUT2D eigenvalue weighted by atomic mass is 32.2. The lowest BCUT2D eigenvalue weighted by atomic mass is 10.2. The Balaban J connectivity index is 2.77. The maximum Gasteiger partial charge on any atom is 0.340 e. The van der Waals surface area contributed by atoms with Gasteiger partial charge in [-0.15, -0.1) is 11.8 Å². The van der Waals surface area contributed by atoms with Crippen LogP contribution in [-0.4, -0.2) is 54.7 Å². The third-order valence-corrected chi connectivity index (χ3v) is 4.10. The van der Waals surface area contributed by atoms with Crippen molar-refractivity contribution in [2.75, 3.05) is 19.8 Å². The zero-order valence-corrected chi connectivity index (χ0v) is 15.5. The van der Waals surface area contributed by atoms with Crippen LogP contribution in [0.25, 0.3) is 0 Å². The summed E-state index contributed by atoms with van der Waals surface area (Å²) in [5.41, 5.74) is 0.346. The van der Waals surface area contributed by atoms with E-state index in [1.54, 1.807) is 38.4 Å². The highest BCUT2D eigenvalue weighted by Gasteiger charge is 2.21. The molecule has 0 radical (unpaired) electrons. The number of amides is 2. The number of benzene rings is 1. The van der Waals surface area contributed by atoms with Crippen molar-refractivity contribution in [1.29, 1.82) is 0 Å². The molecule has 0 bridgehead atoms. The molecule has 132 valence electrons. The van der Waals surface area contributed by atoms with E-state index in [2.05, 4.69) is 5.32 Å². The summed E-state index contributed by atoms with van der Waals surface area (Å²) in [4.78, 5) is 38.0. The van der Waals surface area contributed by atoms with E-state index >= 15 is 0 Å². The molecule has 0 aliphatic heterocycles. The minimum atomic E-state index is -0.888. The largest absolute Gasteiger partial charge is 0.449 e. The standard InChI is InChI=1S/C17H24N2O4S/c1-11(2)18-16(21)12(3)23-17(22)13-8-6-7-9-14(13)24-10-15(20)19(4)5/h6-9,11-12H,10H2,1-5H3,(H,18,21)/t12-/m0/s1. The number of rotatable bonds is 7. The molecule has 0 unspecified atom stereocenters. The number of esters is 1. The first-order valence-electron chi connectivity index (χ1n) is 7.65. The van der Waals surface area contributed by atoms with E-state index in [9.17, 15) is 14.4 Å². The lowest BCUT2D eigenvalue weighted by Crippen LogP contribution is -2.39. The van der Waals surface area contributed by atoms with Crippen molar-refractivity contribution in [3.8, 4) is 0 Å². The molecule has 2 amide bonds.